The summed E-state index contributed by atoms with van der Waals surface area (Å²) >= 11 is 0. The van der Waals surface area contributed by atoms with Crippen molar-refractivity contribution >= 4 is 17.3 Å². The molecule has 1 amide bonds. The molecule has 4 aromatic carbocycles. The standard InChI is InChI=1S/C35H36F3N3O3/c1-23-5-14-29(30(19-23)25-6-8-26(9-7-25)35(36,37)38)34(42)41(22-31-32(43-3)20-24(2)21-33(31)44-4)28-12-10-27(11-13-28)40-17-15-39-16-18-40/h5-14,19-21,39H,15-18,22H2,1-4H3. The zero-order chi connectivity index (χ0) is 31.4. The van der Waals surface area contributed by atoms with E-state index in [0.717, 1.165) is 55.1 Å². The molecule has 0 atom stereocenters. The second kappa shape index (κ2) is 13.0. The molecule has 1 aliphatic heterocycles. The van der Waals surface area contributed by atoms with E-state index in [1.165, 1.54) is 12.1 Å². The van der Waals surface area contributed by atoms with Gasteiger partial charge >= 0.3 is 6.18 Å². The van der Waals surface area contributed by atoms with Gasteiger partial charge in [0.1, 0.15) is 11.5 Å². The minimum Gasteiger partial charge on any atom is -0.496 e. The molecule has 44 heavy (non-hydrogen) atoms. The smallest absolute Gasteiger partial charge is 0.416 e. The van der Waals surface area contributed by atoms with E-state index in [0.29, 0.717) is 39.4 Å². The fourth-order valence-electron chi connectivity index (χ4n) is 5.54. The van der Waals surface area contributed by atoms with E-state index >= 15 is 0 Å². The number of alkyl halides is 3. The van der Waals surface area contributed by atoms with Crippen molar-refractivity contribution in [2.75, 3.05) is 50.2 Å². The fourth-order valence-corrected chi connectivity index (χ4v) is 5.54. The molecular formula is C35H36F3N3O3. The molecule has 1 fully saturated rings. The number of hydrogen-bond donors (Lipinski definition) is 1. The van der Waals surface area contributed by atoms with Crippen LogP contribution < -0.4 is 24.6 Å². The summed E-state index contributed by atoms with van der Waals surface area (Å²) in [7, 11) is 3.16. The molecule has 1 N–H and O–H groups in total. The van der Waals surface area contributed by atoms with Crippen LogP contribution in [0.1, 0.15) is 32.6 Å². The molecule has 230 valence electrons. The summed E-state index contributed by atoms with van der Waals surface area (Å²) < 4.78 is 51.3. The third-order valence-electron chi connectivity index (χ3n) is 7.89. The van der Waals surface area contributed by atoms with Crippen LogP contribution in [-0.4, -0.2) is 46.3 Å². The Morgan fingerprint density at radius 1 is 0.841 bits per heavy atom. The maximum atomic E-state index is 14.6. The molecule has 1 aliphatic rings. The van der Waals surface area contributed by atoms with Crippen LogP contribution in [0.2, 0.25) is 0 Å². The Bertz CT molecular complexity index is 1590. The van der Waals surface area contributed by atoms with Gasteiger partial charge in [0.25, 0.3) is 5.91 Å². The van der Waals surface area contributed by atoms with Crippen molar-refractivity contribution in [3.63, 3.8) is 0 Å². The molecule has 0 bridgehead atoms. The Hall–Kier alpha value is -4.50. The number of aryl methyl sites for hydroxylation is 2. The quantitative estimate of drug-likeness (QED) is 0.230. The number of piperazine rings is 1. The highest BCUT2D eigenvalue weighted by atomic mass is 19.4. The van der Waals surface area contributed by atoms with E-state index in [1.54, 1.807) is 25.2 Å². The van der Waals surface area contributed by atoms with Crippen LogP contribution in [0.25, 0.3) is 11.1 Å². The summed E-state index contributed by atoms with van der Waals surface area (Å²) in [6, 6.07) is 22.0. The van der Waals surface area contributed by atoms with Crippen LogP contribution in [-0.2, 0) is 12.7 Å². The number of nitrogens with zero attached hydrogens (tertiary/aromatic N) is 2. The van der Waals surface area contributed by atoms with Gasteiger partial charge in [-0.05, 0) is 85.1 Å². The Balaban J connectivity index is 1.60. The Morgan fingerprint density at radius 3 is 2.02 bits per heavy atom. The highest BCUT2D eigenvalue weighted by Crippen LogP contribution is 2.36. The predicted molar refractivity (Wildman–Crippen MR) is 168 cm³/mol. The second-order valence-electron chi connectivity index (χ2n) is 10.9. The summed E-state index contributed by atoms with van der Waals surface area (Å²) in [5.41, 5.74) is 4.94. The molecule has 9 heteroatoms. The molecule has 0 unspecified atom stereocenters. The highest BCUT2D eigenvalue weighted by molar-refractivity contribution is 6.10. The second-order valence-corrected chi connectivity index (χ2v) is 10.9. The zero-order valence-corrected chi connectivity index (χ0v) is 25.3. The van der Waals surface area contributed by atoms with Gasteiger partial charge in [-0.2, -0.15) is 13.2 Å². The minimum absolute atomic E-state index is 0.138. The van der Waals surface area contributed by atoms with E-state index in [2.05, 4.69) is 10.2 Å². The summed E-state index contributed by atoms with van der Waals surface area (Å²) in [6.45, 7) is 7.54. The van der Waals surface area contributed by atoms with Crippen LogP contribution in [0.15, 0.2) is 78.9 Å². The Labute approximate surface area is 256 Å². The normalized spacial score (nSPS) is 13.5. The van der Waals surface area contributed by atoms with Crippen molar-refractivity contribution in [2.24, 2.45) is 0 Å². The molecule has 0 radical (unpaired) electrons. The van der Waals surface area contributed by atoms with Crippen LogP contribution in [0.5, 0.6) is 11.5 Å². The summed E-state index contributed by atoms with van der Waals surface area (Å²) in [4.78, 5) is 18.5. The first kappa shape index (κ1) is 30.9. The maximum absolute atomic E-state index is 14.6. The number of methoxy groups -OCH3 is 2. The molecular weight excluding hydrogens is 567 g/mol. The summed E-state index contributed by atoms with van der Waals surface area (Å²) in [6.07, 6.45) is -4.45. The van der Waals surface area contributed by atoms with Gasteiger partial charge in [-0.15, -0.1) is 0 Å². The lowest BCUT2D eigenvalue weighted by Gasteiger charge is -2.30. The van der Waals surface area contributed by atoms with E-state index in [9.17, 15) is 18.0 Å². The fraction of sp³-hybridized carbons (Fsp3) is 0.286. The van der Waals surface area contributed by atoms with E-state index in [1.807, 2.05) is 62.4 Å². The van der Waals surface area contributed by atoms with E-state index < -0.39 is 11.7 Å². The number of benzene rings is 4. The molecule has 0 spiro atoms. The molecule has 1 saturated heterocycles. The number of halogens is 3. The molecule has 5 rings (SSSR count). The third kappa shape index (κ3) is 6.68. The lowest BCUT2D eigenvalue weighted by molar-refractivity contribution is -0.137. The van der Waals surface area contributed by atoms with Crippen molar-refractivity contribution in [1.82, 2.24) is 5.32 Å². The van der Waals surface area contributed by atoms with Crippen LogP contribution in [0.3, 0.4) is 0 Å². The van der Waals surface area contributed by atoms with Crippen LogP contribution >= 0.6 is 0 Å². The minimum atomic E-state index is -4.45. The zero-order valence-electron chi connectivity index (χ0n) is 25.3. The van der Waals surface area contributed by atoms with Gasteiger partial charge in [0.05, 0.1) is 31.9 Å². The van der Waals surface area contributed by atoms with Gasteiger partial charge in [-0.3, -0.25) is 4.79 Å². The van der Waals surface area contributed by atoms with Gasteiger partial charge in [0.15, 0.2) is 0 Å². The predicted octanol–water partition coefficient (Wildman–Crippen LogP) is 7.26. The van der Waals surface area contributed by atoms with Crippen molar-refractivity contribution in [1.29, 1.82) is 0 Å². The maximum Gasteiger partial charge on any atom is 0.416 e. The van der Waals surface area contributed by atoms with Gasteiger partial charge < -0.3 is 24.6 Å². The van der Waals surface area contributed by atoms with Crippen molar-refractivity contribution < 1.29 is 27.4 Å². The first-order valence-corrected chi connectivity index (χ1v) is 14.5. The van der Waals surface area contributed by atoms with Gasteiger partial charge in [0, 0.05) is 43.1 Å². The third-order valence-corrected chi connectivity index (χ3v) is 7.89. The first-order valence-electron chi connectivity index (χ1n) is 14.5. The largest absolute Gasteiger partial charge is 0.496 e. The lowest BCUT2D eigenvalue weighted by Crippen LogP contribution is -2.43. The topological polar surface area (TPSA) is 54.0 Å². The summed E-state index contributed by atoms with van der Waals surface area (Å²) in [5, 5.41) is 3.36. The lowest BCUT2D eigenvalue weighted by atomic mass is 9.95. The number of ether oxygens (including phenoxy) is 2. The molecule has 4 aromatic rings. The average molecular weight is 604 g/mol. The Morgan fingerprint density at radius 2 is 1.45 bits per heavy atom. The number of hydrogen-bond acceptors (Lipinski definition) is 5. The monoisotopic (exact) mass is 603 g/mol. The number of carbonyl (C=O) groups excluding carboxylic acids is 1. The van der Waals surface area contributed by atoms with Crippen molar-refractivity contribution in [3.05, 3.63) is 107 Å². The first-order chi connectivity index (χ1) is 21.1. The van der Waals surface area contributed by atoms with Crippen LogP contribution in [0.4, 0.5) is 24.5 Å². The highest BCUT2D eigenvalue weighted by Gasteiger charge is 2.30. The molecule has 1 heterocycles. The average Bonchev–Trinajstić information content (AvgIpc) is 3.03. The SMILES string of the molecule is COc1cc(C)cc(OC)c1CN(C(=O)c1ccc(C)cc1-c1ccc(C(F)(F)F)cc1)c1ccc(N2CCNCC2)cc1. The van der Waals surface area contributed by atoms with Gasteiger partial charge in [-0.25, -0.2) is 0 Å². The number of amides is 1. The number of nitrogens with one attached hydrogen (secondary N) is 1. The number of carbonyl (C=O) groups is 1. The molecule has 0 aliphatic carbocycles. The Kier molecular flexibility index (Phi) is 9.15. The van der Waals surface area contributed by atoms with Gasteiger partial charge in [-0.1, -0.05) is 29.8 Å². The summed E-state index contributed by atoms with van der Waals surface area (Å²) in [5.74, 6) is 0.868. The van der Waals surface area contributed by atoms with Gasteiger partial charge in [0.2, 0.25) is 0 Å². The molecule has 0 aromatic heterocycles. The van der Waals surface area contributed by atoms with E-state index in [4.69, 9.17) is 9.47 Å². The van der Waals surface area contributed by atoms with Crippen LogP contribution in [0, 0.1) is 13.8 Å². The van der Waals surface area contributed by atoms with E-state index in [-0.39, 0.29) is 12.5 Å². The number of anilines is 2. The molecule has 0 saturated carbocycles. The van der Waals surface area contributed by atoms with Crippen molar-refractivity contribution in [2.45, 2.75) is 26.6 Å². The number of rotatable bonds is 8. The van der Waals surface area contributed by atoms with Crippen molar-refractivity contribution in [3.8, 4) is 22.6 Å². The molecule has 6 nitrogen and oxygen atoms in total.